The molecule has 17 heavy (non-hydrogen) atoms. The third-order valence-electron chi connectivity index (χ3n) is 3.12. The minimum Gasteiger partial charge on any atom is -0.316 e. The summed E-state index contributed by atoms with van der Waals surface area (Å²) in [7, 11) is 0. The van der Waals surface area contributed by atoms with E-state index < -0.39 is 0 Å². The topological polar surface area (TPSA) is 55.6 Å². The highest BCUT2D eigenvalue weighted by Gasteiger charge is 2.17. The molecule has 0 aliphatic carbocycles. The predicted octanol–water partition coefficient (Wildman–Crippen LogP) is 1.13. The van der Waals surface area contributed by atoms with Gasteiger partial charge in [-0.15, -0.1) is 0 Å². The lowest BCUT2D eigenvalue weighted by atomic mass is 9.96. The molecule has 1 aliphatic heterocycles. The third-order valence-corrected chi connectivity index (χ3v) is 3.12. The molecule has 0 bridgehead atoms. The molecule has 0 aromatic carbocycles. The van der Waals surface area contributed by atoms with Crippen molar-refractivity contribution in [3.63, 3.8) is 0 Å². The molecule has 1 fully saturated rings. The summed E-state index contributed by atoms with van der Waals surface area (Å²) < 4.78 is 1.88. The molecule has 5 nitrogen and oxygen atoms in total. The minimum absolute atomic E-state index is 0.486. The fourth-order valence-corrected chi connectivity index (χ4v) is 2.19. The number of hydrogen-bond acceptors (Lipinski definition) is 4. The number of nitrogens with one attached hydrogen (secondary N) is 1. The Hall–Kier alpha value is -1.75. The maximum atomic E-state index is 4.66. The van der Waals surface area contributed by atoms with Crippen LogP contribution >= 0.6 is 0 Å². The monoisotopic (exact) mass is 229 g/mol. The summed E-state index contributed by atoms with van der Waals surface area (Å²) in [4.78, 5) is 13.0. The summed E-state index contributed by atoms with van der Waals surface area (Å²) in [5.74, 6) is 1.32. The molecule has 5 heteroatoms. The van der Waals surface area contributed by atoms with Gasteiger partial charge in [0.2, 0.25) is 0 Å². The Bertz CT molecular complexity index is 473. The number of aromatic nitrogens is 4. The molecular weight excluding hydrogens is 214 g/mol. The maximum Gasteiger partial charge on any atom is 0.156 e. The summed E-state index contributed by atoms with van der Waals surface area (Å²) in [5, 5.41) is 3.40. The van der Waals surface area contributed by atoms with Crippen molar-refractivity contribution >= 4 is 0 Å². The quantitative estimate of drug-likeness (QED) is 0.838. The summed E-state index contributed by atoms with van der Waals surface area (Å²) >= 11 is 0. The molecule has 2 aromatic heterocycles. The average molecular weight is 229 g/mol. The van der Waals surface area contributed by atoms with Crippen molar-refractivity contribution in [2.45, 2.75) is 18.8 Å². The molecule has 88 valence electrons. The standard InChI is InChI=1S/C12H15N5/c1-2-10(6-13-3-1)11-7-15-8-12(16-11)17-5-4-14-9-17/h4-5,7-10,13H,1-3,6H2/t10-/m0/s1. The molecule has 0 unspecified atom stereocenters. The first-order chi connectivity index (χ1) is 8.43. The molecule has 0 radical (unpaired) electrons. The second-order valence-electron chi connectivity index (χ2n) is 4.32. The molecule has 1 saturated heterocycles. The van der Waals surface area contributed by atoms with E-state index >= 15 is 0 Å². The van der Waals surface area contributed by atoms with Crippen LogP contribution in [0.4, 0.5) is 0 Å². The number of imidazole rings is 1. The Morgan fingerprint density at radius 1 is 1.29 bits per heavy atom. The first kappa shape index (κ1) is 10.4. The predicted molar refractivity (Wildman–Crippen MR) is 64.0 cm³/mol. The van der Waals surface area contributed by atoms with Crippen LogP contribution in [0, 0.1) is 0 Å². The summed E-state index contributed by atoms with van der Waals surface area (Å²) in [6.07, 6.45) is 11.4. The zero-order chi connectivity index (χ0) is 11.5. The molecule has 3 heterocycles. The van der Waals surface area contributed by atoms with Gasteiger partial charge < -0.3 is 5.32 Å². The van der Waals surface area contributed by atoms with Crippen molar-refractivity contribution < 1.29 is 0 Å². The van der Waals surface area contributed by atoms with Crippen LogP contribution < -0.4 is 5.32 Å². The lowest BCUT2D eigenvalue weighted by Gasteiger charge is -2.22. The fraction of sp³-hybridized carbons (Fsp3) is 0.417. The first-order valence-corrected chi connectivity index (χ1v) is 5.94. The van der Waals surface area contributed by atoms with Crippen molar-refractivity contribution in [3.05, 3.63) is 36.8 Å². The Labute approximate surface area is 99.9 Å². The summed E-state index contributed by atoms with van der Waals surface area (Å²) in [6, 6.07) is 0. The van der Waals surface area contributed by atoms with Crippen LogP contribution in [0.1, 0.15) is 24.5 Å². The Kier molecular flexibility index (Phi) is 2.83. The van der Waals surface area contributed by atoms with E-state index in [0.29, 0.717) is 5.92 Å². The van der Waals surface area contributed by atoms with Crippen LogP contribution in [-0.2, 0) is 0 Å². The Balaban J connectivity index is 1.88. The van der Waals surface area contributed by atoms with Gasteiger partial charge in [0.25, 0.3) is 0 Å². The van der Waals surface area contributed by atoms with Crippen LogP contribution in [0.2, 0.25) is 0 Å². The second kappa shape index (κ2) is 4.63. The van der Waals surface area contributed by atoms with Crippen molar-refractivity contribution in [2.24, 2.45) is 0 Å². The van der Waals surface area contributed by atoms with E-state index in [-0.39, 0.29) is 0 Å². The molecular formula is C12H15N5. The first-order valence-electron chi connectivity index (χ1n) is 5.94. The van der Waals surface area contributed by atoms with Gasteiger partial charge in [-0.05, 0) is 19.4 Å². The maximum absolute atomic E-state index is 4.66. The van der Waals surface area contributed by atoms with E-state index in [1.165, 1.54) is 12.8 Å². The molecule has 0 spiro atoms. The molecule has 1 N–H and O–H groups in total. The number of piperidine rings is 1. The van der Waals surface area contributed by atoms with E-state index in [9.17, 15) is 0 Å². The van der Waals surface area contributed by atoms with Crippen LogP contribution in [0.3, 0.4) is 0 Å². The lowest BCUT2D eigenvalue weighted by molar-refractivity contribution is 0.453. The minimum atomic E-state index is 0.486. The zero-order valence-corrected chi connectivity index (χ0v) is 9.58. The van der Waals surface area contributed by atoms with Gasteiger partial charge in [0.15, 0.2) is 5.82 Å². The fourth-order valence-electron chi connectivity index (χ4n) is 2.19. The van der Waals surface area contributed by atoms with Gasteiger partial charge in [-0.25, -0.2) is 9.97 Å². The van der Waals surface area contributed by atoms with E-state index in [4.69, 9.17) is 0 Å². The molecule has 0 amide bonds. The van der Waals surface area contributed by atoms with E-state index in [1.807, 2.05) is 17.0 Å². The van der Waals surface area contributed by atoms with Crippen LogP contribution in [-0.4, -0.2) is 32.6 Å². The van der Waals surface area contributed by atoms with Crippen molar-refractivity contribution in [3.8, 4) is 5.82 Å². The van der Waals surface area contributed by atoms with Gasteiger partial charge in [-0.2, -0.15) is 0 Å². The van der Waals surface area contributed by atoms with Gasteiger partial charge in [0.05, 0.1) is 11.9 Å². The summed E-state index contributed by atoms with van der Waals surface area (Å²) in [6.45, 7) is 2.12. The summed E-state index contributed by atoms with van der Waals surface area (Å²) in [5.41, 5.74) is 1.07. The van der Waals surface area contributed by atoms with Crippen molar-refractivity contribution in [1.82, 2.24) is 24.8 Å². The van der Waals surface area contributed by atoms with Crippen LogP contribution in [0.15, 0.2) is 31.1 Å². The second-order valence-corrected chi connectivity index (χ2v) is 4.32. The van der Waals surface area contributed by atoms with Crippen LogP contribution in [0.25, 0.3) is 5.82 Å². The number of rotatable bonds is 2. The van der Waals surface area contributed by atoms with E-state index in [1.54, 1.807) is 18.7 Å². The van der Waals surface area contributed by atoms with E-state index in [0.717, 1.165) is 24.6 Å². The molecule has 3 rings (SSSR count). The smallest absolute Gasteiger partial charge is 0.156 e. The largest absolute Gasteiger partial charge is 0.316 e. The number of nitrogens with zero attached hydrogens (tertiary/aromatic N) is 4. The SMILES string of the molecule is c1cn(-c2cncc([C@H]3CCCNC3)n2)cn1. The highest BCUT2D eigenvalue weighted by atomic mass is 15.1. The van der Waals surface area contributed by atoms with Crippen molar-refractivity contribution in [1.29, 1.82) is 0 Å². The third kappa shape index (κ3) is 2.19. The zero-order valence-electron chi connectivity index (χ0n) is 9.58. The molecule has 2 aromatic rings. The highest BCUT2D eigenvalue weighted by molar-refractivity contribution is 5.21. The Morgan fingerprint density at radius 2 is 2.29 bits per heavy atom. The highest BCUT2D eigenvalue weighted by Crippen LogP contribution is 2.21. The van der Waals surface area contributed by atoms with Crippen LogP contribution in [0.5, 0.6) is 0 Å². The van der Waals surface area contributed by atoms with Crippen molar-refractivity contribution in [2.75, 3.05) is 13.1 Å². The number of hydrogen-bond donors (Lipinski definition) is 1. The average Bonchev–Trinajstić information content (AvgIpc) is 2.94. The van der Waals surface area contributed by atoms with E-state index in [2.05, 4.69) is 20.3 Å². The lowest BCUT2D eigenvalue weighted by Crippen LogP contribution is -2.29. The molecule has 0 saturated carbocycles. The van der Waals surface area contributed by atoms with Gasteiger partial charge in [0.1, 0.15) is 6.33 Å². The Morgan fingerprint density at radius 3 is 3.06 bits per heavy atom. The molecule has 1 aliphatic rings. The van der Waals surface area contributed by atoms with Gasteiger partial charge >= 0.3 is 0 Å². The van der Waals surface area contributed by atoms with Gasteiger partial charge in [-0.3, -0.25) is 9.55 Å². The van der Waals surface area contributed by atoms with Gasteiger partial charge in [0, 0.05) is 31.1 Å². The van der Waals surface area contributed by atoms with Gasteiger partial charge in [-0.1, -0.05) is 0 Å². The normalized spacial score (nSPS) is 20.4. The molecule has 1 atom stereocenters.